The zero-order chi connectivity index (χ0) is 15.7. The number of ether oxygens (including phenoxy) is 1. The fourth-order valence-corrected chi connectivity index (χ4v) is 3.26. The summed E-state index contributed by atoms with van der Waals surface area (Å²) in [5, 5.41) is 3.05. The van der Waals surface area contributed by atoms with E-state index < -0.39 is 5.82 Å². The van der Waals surface area contributed by atoms with Crippen LogP contribution in [0.2, 0.25) is 0 Å². The van der Waals surface area contributed by atoms with Crippen LogP contribution in [-0.2, 0) is 4.79 Å². The topological polar surface area (TPSA) is 58.6 Å². The minimum absolute atomic E-state index is 0.0717. The molecule has 2 heterocycles. The number of hydrogen-bond donors (Lipinski definition) is 1. The molecule has 0 atom stereocenters. The first-order valence-electron chi connectivity index (χ1n) is 7.47. The Bertz CT molecular complexity index is 609. The van der Waals surface area contributed by atoms with Crippen molar-refractivity contribution >= 4 is 11.8 Å². The predicted octanol–water partition coefficient (Wildman–Crippen LogP) is 1.72. The van der Waals surface area contributed by atoms with Gasteiger partial charge in [-0.25, -0.2) is 4.39 Å². The Balaban J connectivity index is 1.68. The molecule has 1 aromatic carbocycles. The number of piperidine rings is 1. The van der Waals surface area contributed by atoms with Crippen LogP contribution in [0.1, 0.15) is 36.0 Å². The molecule has 0 radical (unpaired) electrons. The fourth-order valence-electron chi connectivity index (χ4n) is 3.26. The summed E-state index contributed by atoms with van der Waals surface area (Å²) < 4.78 is 18.3. The van der Waals surface area contributed by atoms with Crippen molar-refractivity contribution in [3.05, 3.63) is 29.6 Å². The molecule has 2 fully saturated rings. The van der Waals surface area contributed by atoms with Gasteiger partial charge in [-0.2, -0.15) is 0 Å². The summed E-state index contributed by atoms with van der Waals surface area (Å²) in [6.45, 7) is 1.19. The van der Waals surface area contributed by atoms with Crippen LogP contribution >= 0.6 is 0 Å². The van der Waals surface area contributed by atoms with Crippen LogP contribution in [0, 0.1) is 5.82 Å². The molecule has 1 N–H and O–H groups in total. The Morgan fingerprint density at radius 1 is 1.32 bits per heavy atom. The first kappa shape index (κ1) is 14.8. The van der Waals surface area contributed by atoms with E-state index in [1.165, 1.54) is 25.3 Å². The second-order valence-electron chi connectivity index (χ2n) is 5.97. The van der Waals surface area contributed by atoms with E-state index in [-0.39, 0.29) is 23.1 Å². The van der Waals surface area contributed by atoms with Crippen molar-refractivity contribution < 1.29 is 18.7 Å². The Labute approximate surface area is 128 Å². The molecule has 1 aromatic rings. The molecule has 118 valence electrons. The number of benzene rings is 1. The van der Waals surface area contributed by atoms with Crippen molar-refractivity contribution in [3.63, 3.8) is 0 Å². The third kappa shape index (κ3) is 2.65. The van der Waals surface area contributed by atoms with E-state index in [2.05, 4.69) is 5.32 Å². The zero-order valence-corrected chi connectivity index (χ0v) is 12.5. The van der Waals surface area contributed by atoms with Gasteiger partial charge in [0.1, 0.15) is 0 Å². The minimum atomic E-state index is -0.481. The van der Waals surface area contributed by atoms with Gasteiger partial charge >= 0.3 is 0 Å². The Morgan fingerprint density at radius 2 is 2.05 bits per heavy atom. The Morgan fingerprint density at radius 3 is 2.64 bits per heavy atom. The largest absolute Gasteiger partial charge is 0.494 e. The van der Waals surface area contributed by atoms with Gasteiger partial charge in [0.05, 0.1) is 7.11 Å². The summed E-state index contributed by atoms with van der Waals surface area (Å²) in [5.74, 6) is -0.437. The predicted molar refractivity (Wildman–Crippen MR) is 78.2 cm³/mol. The normalized spacial score (nSPS) is 20.1. The smallest absolute Gasteiger partial charge is 0.253 e. The molecule has 0 unspecified atom stereocenters. The molecule has 0 saturated carbocycles. The van der Waals surface area contributed by atoms with Gasteiger partial charge in [0.25, 0.3) is 5.91 Å². The van der Waals surface area contributed by atoms with Gasteiger partial charge in [0, 0.05) is 30.6 Å². The molecule has 0 bridgehead atoms. The molecule has 2 aliphatic heterocycles. The van der Waals surface area contributed by atoms with Gasteiger partial charge in [-0.15, -0.1) is 0 Å². The van der Waals surface area contributed by atoms with Gasteiger partial charge in [-0.05, 0) is 37.5 Å². The minimum Gasteiger partial charge on any atom is -0.494 e. The van der Waals surface area contributed by atoms with Crippen LogP contribution < -0.4 is 10.1 Å². The lowest BCUT2D eigenvalue weighted by molar-refractivity contribution is -0.120. The van der Waals surface area contributed by atoms with Crippen LogP contribution in [-0.4, -0.2) is 42.5 Å². The second-order valence-corrected chi connectivity index (χ2v) is 5.97. The van der Waals surface area contributed by atoms with Gasteiger partial charge in [0.15, 0.2) is 11.6 Å². The molecule has 1 spiro atoms. The number of nitrogens with one attached hydrogen (secondary N) is 1. The van der Waals surface area contributed by atoms with Gasteiger partial charge in [-0.3, -0.25) is 9.59 Å². The average Bonchev–Trinajstić information content (AvgIpc) is 2.88. The fraction of sp³-hybridized carbons (Fsp3) is 0.500. The third-order valence-corrected chi connectivity index (χ3v) is 4.64. The molecule has 6 heteroatoms. The Hall–Kier alpha value is -2.11. The van der Waals surface area contributed by atoms with Crippen molar-refractivity contribution in [1.29, 1.82) is 0 Å². The van der Waals surface area contributed by atoms with Crippen molar-refractivity contribution in [1.82, 2.24) is 10.2 Å². The van der Waals surface area contributed by atoms with Gasteiger partial charge < -0.3 is 15.0 Å². The second kappa shape index (κ2) is 5.59. The number of nitrogens with zero attached hydrogens (tertiary/aromatic N) is 1. The monoisotopic (exact) mass is 306 g/mol. The maximum Gasteiger partial charge on any atom is 0.253 e. The lowest BCUT2D eigenvalue weighted by atomic mass is 9.86. The number of methoxy groups -OCH3 is 1. The molecular weight excluding hydrogens is 287 g/mol. The van der Waals surface area contributed by atoms with Gasteiger partial charge in [-0.1, -0.05) is 0 Å². The molecule has 0 aliphatic carbocycles. The summed E-state index contributed by atoms with van der Waals surface area (Å²) >= 11 is 0. The van der Waals surface area contributed by atoms with E-state index in [1.54, 1.807) is 4.90 Å². The van der Waals surface area contributed by atoms with Crippen molar-refractivity contribution in [2.75, 3.05) is 20.2 Å². The third-order valence-electron chi connectivity index (χ3n) is 4.64. The van der Waals surface area contributed by atoms with Crippen LogP contribution in [0.25, 0.3) is 0 Å². The molecule has 2 saturated heterocycles. The first-order chi connectivity index (χ1) is 10.5. The molecule has 5 nitrogen and oxygen atoms in total. The van der Waals surface area contributed by atoms with Crippen molar-refractivity contribution in [2.24, 2.45) is 0 Å². The van der Waals surface area contributed by atoms with E-state index in [0.29, 0.717) is 25.1 Å². The van der Waals surface area contributed by atoms with Crippen LogP contribution in [0.15, 0.2) is 18.2 Å². The highest BCUT2D eigenvalue weighted by atomic mass is 19.1. The molecular formula is C16H19FN2O3. The zero-order valence-electron chi connectivity index (χ0n) is 12.5. The number of likely N-dealkylation sites (tertiary alicyclic amines) is 1. The van der Waals surface area contributed by atoms with E-state index in [4.69, 9.17) is 4.74 Å². The SMILES string of the molecule is COc1cc(C(=O)N2CCC3(CCC(=O)N3)CC2)ccc1F. The summed E-state index contributed by atoms with van der Waals surface area (Å²) in [4.78, 5) is 25.7. The average molecular weight is 306 g/mol. The number of carbonyl (C=O) groups excluding carboxylic acids is 2. The van der Waals surface area contributed by atoms with Crippen molar-refractivity contribution in [2.45, 2.75) is 31.2 Å². The van der Waals surface area contributed by atoms with Crippen LogP contribution in [0.5, 0.6) is 5.75 Å². The van der Waals surface area contributed by atoms with Crippen molar-refractivity contribution in [3.8, 4) is 5.75 Å². The Kier molecular flexibility index (Phi) is 3.76. The number of rotatable bonds is 2. The maximum absolute atomic E-state index is 13.4. The van der Waals surface area contributed by atoms with E-state index in [1.807, 2.05) is 0 Å². The van der Waals surface area contributed by atoms with E-state index >= 15 is 0 Å². The standard InChI is InChI=1S/C16H19FN2O3/c1-22-13-10-11(2-3-12(13)17)15(21)19-8-6-16(7-9-19)5-4-14(20)18-16/h2-3,10H,4-9H2,1H3,(H,18,20). The maximum atomic E-state index is 13.4. The lowest BCUT2D eigenvalue weighted by Crippen LogP contribution is -2.52. The molecule has 2 amide bonds. The highest BCUT2D eigenvalue weighted by Crippen LogP contribution is 2.32. The molecule has 3 rings (SSSR count). The molecule has 2 aliphatic rings. The summed E-state index contributed by atoms with van der Waals surface area (Å²) in [7, 11) is 1.38. The molecule has 0 aromatic heterocycles. The first-order valence-corrected chi connectivity index (χ1v) is 7.47. The quantitative estimate of drug-likeness (QED) is 0.905. The number of halogens is 1. The number of carbonyl (C=O) groups is 2. The highest BCUT2D eigenvalue weighted by Gasteiger charge is 2.41. The molecule has 22 heavy (non-hydrogen) atoms. The van der Waals surface area contributed by atoms with Crippen LogP contribution in [0.3, 0.4) is 0 Å². The van der Waals surface area contributed by atoms with Crippen LogP contribution in [0.4, 0.5) is 4.39 Å². The summed E-state index contributed by atoms with van der Waals surface area (Å²) in [6, 6.07) is 4.15. The van der Waals surface area contributed by atoms with E-state index in [0.717, 1.165) is 19.3 Å². The van der Waals surface area contributed by atoms with E-state index in [9.17, 15) is 14.0 Å². The summed E-state index contributed by atoms with van der Waals surface area (Å²) in [5.41, 5.74) is 0.290. The lowest BCUT2D eigenvalue weighted by Gasteiger charge is -2.39. The highest BCUT2D eigenvalue weighted by molar-refractivity contribution is 5.94. The number of amides is 2. The number of hydrogen-bond acceptors (Lipinski definition) is 3. The summed E-state index contributed by atoms with van der Waals surface area (Å²) in [6.07, 6.45) is 2.95. The van der Waals surface area contributed by atoms with Gasteiger partial charge in [0.2, 0.25) is 5.91 Å².